The van der Waals surface area contributed by atoms with Gasteiger partial charge < -0.3 is 23.5 Å². The monoisotopic (exact) mass is 555 g/mol. The Labute approximate surface area is 225 Å². The zero-order valence-electron chi connectivity index (χ0n) is 22.1. The Morgan fingerprint density at radius 3 is 2.46 bits per heavy atom. The van der Waals surface area contributed by atoms with Crippen molar-refractivity contribution in [3.05, 3.63) is 64.2 Å². The largest absolute Gasteiger partial charge is 0.497 e. The molecule has 0 radical (unpaired) electrons. The van der Waals surface area contributed by atoms with E-state index in [1.54, 1.807) is 48.2 Å². The Morgan fingerprint density at radius 1 is 1.08 bits per heavy atom. The maximum Gasteiger partial charge on any atom is 0.335 e. The number of piperazine rings is 1. The number of likely N-dealkylation sites (N-methyl/N-ethyl adjacent to an activating group) is 1. The van der Waals surface area contributed by atoms with Crippen LogP contribution in [0, 0.1) is 5.82 Å². The van der Waals surface area contributed by atoms with E-state index in [9.17, 15) is 13.2 Å². The summed E-state index contributed by atoms with van der Waals surface area (Å²) in [6, 6.07) is 10.0. The zero-order valence-corrected chi connectivity index (χ0v) is 22.9. The minimum Gasteiger partial charge on any atom is -0.497 e. The van der Waals surface area contributed by atoms with Crippen LogP contribution in [-0.2, 0) is 22.8 Å². The second-order valence-corrected chi connectivity index (χ2v) is 11.5. The van der Waals surface area contributed by atoms with E-state index in [1.165, 1.54) is 6.07 Å². The predicted octanol–water partition coefficient (Wildman–Crippen LogP) is 2.99. The van der Waals surface area contributed by atoms with Crippen molar-refractivity contribution in [3.8, 4) is 17.2 Å². The Morgan fingerprint density at radius 2 is 1.79 bits per heavy atom. The van der Waals surface area contributed by atoms with Gasteiger partial charge in [-0.2, -0.15) is 0 Å². The van der Waals surface area contributed by atoms with Gasteiger partial charge in [0.2, 0.25) is 15.3 Å². The van der Waals surface area contributed by atoms with Gasteiger partial charge in [-0.3, -0.25) is 4.79 Å². The smallest absolute Gasteiger partial charge is 0.335 e. The molecule has 2 aromatic heterocycles. The molecule has 1 aliphatic heterocycles. The quantitative estimate of drug-likeness (QED) is 0.324. The highest BCUT2D eigenvalue weighted by atomic mass is 32.2. The summed E-state index contributed by atoms with van der Waals surface area (Å²) in [5, 5.41) is 7.18. The lowest BCUT2D eigenvalue weighted by atomic mass is 10.1. The molecule has 1 fully saturated rings. The summed E-state index contributed by atoms with van der Waals surface area (Å²) in [5.74, 6) is -0.295. The number of hydrogen-bond donors (Lipinski definition) is 0. The lowest BCUT2D eigenvalue weighted by Gasteiger charge is -2.34. The van der Waals surface area contributed by atoms with E-state index in [1.807, 2.05) is 18.9 Å². The Balaban J connectivity index is 1.45. The van der Waals surface area contributed by atoms with Crippen LogP contribution in [0.3, 0.4) is 0 Å². The molecule has 4 aromatic rings. The van der Waals surface area contributed by atoms with E-state index < -0.39 is 26.3 Å². The van der Waals surface area contributed by atoms with Crippen LogP contribution in [0.4, 0.5) is 10.1 Å². The van der Waals surface area contributed by atoms with Crippen LogP contribution in [0.1, 0.15) is 12.5 Å². The third-order valence-corrected chi connectivity index (χ3v) is 8.49. The average molecular weight is 556 g/mol. The van der Waals surface area contributed by atoms with Crippen molar-refractivity contribution in [3.63, 3.8) is 0 Å². The average Bonchev–Trinajstić information content (AvgIpc) is 3.44. The van der Waals surface area contributed by atoms with Gasteiger partial charge in [0.1, 0.15) is 17.1 Å². The van der Waals surface area contributed by atoms with Gasteiger partial charge in [-0.25, -0.2) is 12.8 Å². The number of pyridine rings is 1. The normalized spacial score (nSPS) is 14.7. The maximum absolute atomic E-state index is 15.2. The highest BCUT2D eigenvalue weighted by molar-refractivity contribution is 7.91. The summed E-state index contributed by atoms with van der Waals surface area (Å²) < 4.78 is 53.4. The van der Waals surface area contributed by atoms with E-state index in [0.717, 1.165) is 18.7 Å². The van der Waals surface area contributed by atoms with Crippen LogP contribution in [0.15, 0.2) is 57.0 Å². The SMILES string of the molecule is CCn1cc(-c2nnc(S(=O)(=O)CCc3ccc(OC)cc3)o2)c(=O)c2cc(F)c(N3CCN(C)CC3)cc21. The number of fused-ring (bicyclic) bond motifs is 1. The van der Waals surface area contributed by atoms with Gasteiger partial charge in [0.25, 0.3) is 5.89 Å². The molecule has 206 valence electrons. The molecule has 1 aliphatic rings. The van der Waals surface area contributed by atoms with E-state index in [-0.39, 0.29) is 29.0 Å². The molecule has 5 rings (SSSR count). The Kier molecular flexibility index (Phi) is 7.41. The van der Waals surface area contributed by atoms with Crippen LogP contribution in [0.25, 0.3) is 22.4 Å². The first kappa shape index (κ1) is 26.8. The minimum absolute atomic E-state index is 0.0141. The molecule has 0 spiro atoms. The second-order valence-electron chi connectivity index (χ2n) is 9.56. The molecular formula is C27H30FN5O5S. The van der Waals surface area contributed by atoms with Crippen LogP contribution >= 0.6 is 0 Å². The van der Waals surface area contributed by atoms with Gasteiger partial charge in [-0.1, -0.05) is 17.2 Å². The van der Waals surface area contributed by atoms with Gasteiger partial charge in [0.15, 0.2) is 0 Å². The molecule has 0 unspecified atom stereocenters. The number of aromatic nitrogens is 3. The topological polar surface area (TPSA) is 111 Å². The third kappa shape index (κ3) is 5.39. The van der Waals surface area contributed by atoms with Crippen molar-refractivity contribution in [2.75, 3.05) is 51.0 Å². The fourth-order valence-electron chi connectivity index (χ4n) is 4.68. The first-order valence-electron chi connectivity index (χ1n) is 12.7. The fraction of sp³-hybridized carbons (Fsp3) is 0.370. The lowest BCUT2D eigenvalue weighted by Crippen LogP contribution is -2.44. The standard InChI is InChI=1S/C27H30FN5O5S/c1-4-32-17-21(25(34)20-15-22(28)24(16-23(20)32)33-12-10-31(2)11-13-33)26-29-30-27(38-26)39(35,36)14-9-18-5-7-19(37-3)8-6-18/h5-8,15-17H,4,9-14H2,1-3H3. The second kappa shape index (κ2) is 10.8. The molecule has 10 nitrogen and oxygen atoms in total. The Hall–Kier alpha value is -3.77. The first-order chi connectivity index (χ1) is 18.7. The molecule has 12 heteroatoms. The number of anilines is 1. The predicted molar refractivity (Wildman–Crippen MR) is 146 cm³/mol. The lowest BCUT2D eigenvalue weighted by molar-refractivity contribution is 0.312. The zero-order chi connectivity index (χ0) is 27.7. The van der Waals surface area contributed by atoms with Crippen molar-refractivity contribution in [1.29, 1.82) is 0 Å². The van der Waals surface area contributed by atoms with Crippen LogP contribution in [0.2, 0.25) is 0 Å². The van der Waals surface area contributed by atoms with Crippen molar-refractivity contribution in [1.82, 2.24) is 19.7 Å². The van der Waals surface area contributed by atoms with E-state index in [4.69, 9.17) is 9.15 Å². The molecule has 0 bridgehead atoms. The van der Waals surface area contributed by atoms with Gasteiger partial charge in [0, 0.05) is 44.3 Å². The van der Waals surface area contributed by atoms with Crippen LogP contribution < -0.4 is 15.1 Å². The van der Waals surface area contributed by atoms with Gasteiger partial charge >= 0.3 is 5.22 Å². The van der Waals surface area contributed by atoms with Gasteiger partial charge in [0.05, 0.1) is 24.1 Å². The fourth-order valence-corrected chi connectivity index (χ4v) is 5.73. The molecule has 0 N–H and O–H groups in total. The first-order valence-corrected chi connectivity index (χ1v) is 14.3. The highest BCUT2D eigenvalue weighted by Gasteiger charge is 2.26. The number of aryl methyl sites for hydroxylation is 2. The molecule has 1 saturated heterocycles. The number of rotatable bonds is 8. The third-order valence-electron chi connectivity index (χ3n) is 7.05. The van der Waals surface area contributed by atoms with Gasteiger partial charge in [-0.05, 0) is 50.2 Å². The molecule has 39 heavy (non-hydrogen) atoms. The summed E-state index contributed by atoms with van der Waals surface area (Å²) in [7, 11) is -0.328. The Bertz CT molecular complexity index is 1660. The molecule has 0 saturated carbocycles. The molecule has 2 aromatic carbocycles. The summed E-state index contributed by atoms with van der Waals surface area (Å²) >= 11 is 0. The van der Waals surface area contributed by atoms with Crippen molar-refractivity contribution >= 4 is 26.4 Å². The number of nitrogens with zero attached hydrogens (tertiary/aromatic N) is 5. The number of sulfone groups is 1. The number of halogens is 1. The van der Waals surface area contributed by atoms with Crippen molar-refractivity contribution in [2.24, 2.45) is 0 Å². The van der Waals surface area contributed by atoms with E-state index in [0.29, 0.717) is 36.6 Å². The van der Waals surface area contributed by atoms with Gasteiger partial charge in [-0.15, -0.1) is 5.10 Å². The van der Waals surface area contributed by atoms with Crippen molar-refractivity contribution < 1.29 is 22.0 Å². The van der Waals surface area contributed by atoms with Crippen LogP contribution in [-0.4, -0.2) is 74.2 Å². The number of hydrogen-bond acceptors (Lipinski definition) is 9. The molecule has 0 aliphatic carbocycles. The summed E-state index contributed by atoms with van der Waals surface area (Å²) in [5.41, 5.74) is 1.34. The van der Waals surface area contributed by atoms with Crippen LogP contribution in [0.5, 0.6) is 5.75 Å². The minimum atomic E-state index is -3.91. The van der Waals surface area contributed by atoms with Crippen molar-refractivity contribution in [2.45, 2.75) is 25.1 Å². The number of methoxy groups -OCH3 is 1. The highest BCUT2D eigenvalue weighted by Crippen LogP contribution is 2.28. The van der Waals surface area contributed by atoms with E-state index >= 15 is 4.39 Å². The summed E-state index contributed by atoms with van der Waals surface area (Å²) in [6.07, 6.45) is 1.79. The number of ether oxygens (including phenoxy) is 1. The number of benzene rings is 2. The molecular weight excluding hydrogens is 525 g/mol. The molecule has 0 atom stereocenters. The summed E-state index contributed by atoms with van der Waals surface area (Å²) in [6.45, 7) is 5.39. The molecule has 3 heterocycles. The van der Waals surface area contributed by atoms with E-state index in [2.05, 4.69) is 15.1 Å². The summed E-state index contributed by atoms with van der Waals surface area (Å²) in [4.78, 5) is 17.6. The maximum atomic E-state index is 15.2. The molecule has 0 amide bonds.